The smallest absolute Gasteiger partial charge is 0.229 e. The molecule has 0 aromatic carbocycles. The molecular weight excluding hydrogens is 296 g/mol. The minimum Gasteiger partial charge on any atom is -0.354 e. The number of rotatable bonds is 3. The Morgan fingerprint density at radius 3 is 3.04 bits per heavy atom. The summed E-state index contributed by atoms with van der Waals surface area (Å²) >= 11 is 0. The van der Waals surface area contributed by atoms with E-state index in [0.717, 1.165) is 37.6 Å². The normalized spacial score (nSPS) is 18.9. The predicted molar refractivity (Wildman–Crippen MR) is 81.2 cm³/mol. The molecule has 0 amide bonds. The summed E-state index contributed by atoms with van der Waals surface area (Å²) in [7, 11) is 0. The van der Waals surface area contributed by atoms with Gasteiger partial charge in [-0.2, -0.15) is 4.98 Å². The number of anilines is 1. The molecule has 3 aromatic heterocycles. The Hall–Kier alpha value is -2.58. The number of hydrogen-bond donors (Lipinski definition) is 0. The second-order valence-electron chi connectivity index (χ2n) is 6.15. The first-order chi connectivity index (χ1) is 11.2. The topological polar surface area (TPSA) is 98.1 Å². The van der Waals surface area contributed by atoms with E-state index in [4.69, 9.17) is 4.52 Å². The standard InChI is InChI=1S/C14H18N8O/c1-9(2)14-15-13(18-23-14)10-4-3-7-21(8-10)12-6-5-11-16-19-20-22(11)17-12/h5-6,9-10H,3-4,7-8H2,1-2H3/t10-/m1/s1. The van der Waals surface area contributed by atoms with Gasteiger partial charge in [-0.05, 0) is 35.4 Å². The van der Waals surface area contributed by atoms with Gasteiger partial charge in [-0.25, -0.2) is 0 Å². The molecule has 23 heavy (non-hydrogen) atoms. The fourth-order valence-electron chi connectivity index (χ4n) is 2.85. The van der Waals surface area contributed by atoms with Crippen molar-refractivity contribution in [3.8, 4) is 0 Å². The first kappa shape index (κ1) is 14.0. The van der Waals surface area contributed by atoms with Gasteiger partial charge in [0.25, 0.3) is 0 Å². The lowest BCUT2D eigenvalue weighted by molar-refractivity contribution is 0.354. The van der Waals surface area contributed by atoms with E-state index < -0.39 is 0 Å². The Morgan fingerprint density at radius 2 is 2.22 bits per heavy atom. The highest BCUT2D eigenvalue weighted by Crippen LogP contribution is 2.28. The van der Waals surface area contributed by atoms with Crippen molar-refractivity contribution in [1.29, 1.82) is 0 Å². The van der Waals surface area contributed by atoms with Crippen molar-refractivity contribution in [3.05, 3.63) is 23.8 Å². The number of piperidine rings is 1. The molecular formula is C14H18N8O. The van der Waals surface area contributed by atoms with E-state index in [1.807, 2.05) is 12.1 Å². The zero-order chi connectivity index (χ0) is 15.8. The van der Waals surface area contributed by atoms with E-state index in [0.29, 0.717) is 11.5 Å². The number of tetrazole rings is 1. The van der Waals surface area contributed by atoms with Gasteiger partial charge in [-0.1, -0.05) is 19.0 Å². The first-order valence-electron chi connectivity index (χ1n) is 7.84. The molecule has 1 aliphatic rings. The van der Waals surface area contributed by atoms with Gasteiger partial charge in [-0.15, -0.1) is 14.8 Å². The first-order valence-corrected chi connectivity index (χ1v) is 7.84. The van der Waals surface area contributed by atoms with Crippen molar-refractivity contribution in [2.24, 2.45) is 0 Å². The van der Waals surface area contributed by atoms with Crippen molar-refractivity contribution >= 4 is 11.5 Å². The van der Waals surface area contributed by atoms with Crippen molar-refractivity contribution in [2.45, 2.75) is 38.5 Å². The molecule has 3 aromatic rings. The highest BCUT2D eigenvalue weighted by Gasteiger charge is 2.27. The summed E-state index contributed by atoms with van der Waals surface area (Å²) < 4.78 is 6.79. The van der Waals surface area contributed by atoms with Gasteiger partial charge >= 0.3 is 0 Å². The predicted octanol–water partition coefficient (Wildman–Crippen LogP) is 1.41. The molecule has 1 saturated heterocycles. The number of hydrogen-bond acceptors (Lipinski definition) is 8. The second-order valence-corrected chi connectivity index (χ2v) is 6.15. The van der Waals surface area contributed by atoms with Gasteiger partial charge in [-0.3, -0.25) is 0 Å². The van der Waals surface area contributed by atoms with Crippen LogP contribution in [0.2, 0.25) is 0 Å². The Labute approximate surface area is 132 Å². The molecule has 0 bridgehead atoms. The van der Waals surface area contributed by atoms with E-state index in [9.17, 15) is 0 Å². The average Bonchev–Trinajstić information content (AvgIpc) is 3.23. The monoisotopic (exact) mass is 314 g/mol. The zero-order valence-corrected chi connectivity index (χ0v) is 13.1. The van der Waals surface area contributed by atoms with Crippen LogP contribution in [-0.2, 0) is 0 Å². The Kier molecular flexibility index (Phi) is 3.40. The molecule has 1 aliphatic heterocycles. The van der Waals surface area contributed by atoms with Gasteiger partial charge < -0.3 is 9.42 Å². The molecule has 4 rings (SSSR count). The van der Waals surface area contributed by atoms with Crippen molar-refractivity contribution < 1.29 is 4.52 Å². The maximum atomic E-state index is 5.34. The van der Waals surface area contributed by atoms with Crippen LogP contribution >= 0.6 is 0 Å². The van der Waals surface area contributed by atoms with Crippen LogP contribution in [0.5, 0.6) is 0 Å². The van der Waals surface area contributed by atoms with E-state index in [-0.39, 0.29) is 11.8 Å². The van der Waals surface area contributed by atoms with Crippen LogP contribution in [0.15, 0.2) is 16.7 Å². The third-order valence-electron chi connectivity index (χ3n) is 4.12. The average molecular weight is 314 g/mol. The molecule has 1 fully saturated rings. The number of fused-ring (bicyclic) bond motifs is 1. The number of nitrogens with zero attached hydrogens (tertiary/aromatic N) is 8. The molecule has 0 N–H and O–H groups in total. The van der Waals surface area contributed by atoms with Gasteiger partial charge in [0, 0.05) is 24.9 Å². The molecule has 0 aliphatic carbocycles. The lowest BCUT2D eigenvalue weighted by atomic mass is 9.97. The molecule has 0 radical (unpaired) electrons. The van der Waals surface area contributed by atoms with E-state index in [2.05, 4.69) is 49.5 Å². The van der Waals surface area contributed by atoms with Gasteiger partial charge in [0.1, 0.15) is 0 Å². The largest absolute Gasteiger partial charge is 0.354 e. The molecule has 9 nitrogen and oxygen atoms in total. The van der Waals surface area contributed by atoms with Crippen molar-refractivity contribution in [2.75, 3.05) is 18.0 Å². The Morgan fingerprint density at radius 1 is 1.30 bits per heavy atom. The fraction of sp³-hybridized carbons (Fsp3) is 0.571. The molecule has 0 spiro atoms. The van der Waals surface area contributed by atoms with E-state index in [1.165, 1.54) is 4.63 Å². The molecule has 0 unspecified atom stereocenters. The maximum Gasteiger partial charge on any atom is 0.229 e. The highest BCUT2D eigenvalue weighted by atomic mass is 16.5. The number of aromatic nitrogens is 7. The van der Waals surface area contributed by atoms with E-state index in [1.54, 1.807) is 0 Å². The summed E-state index contributed by atoms with van der Waals surface area (Å²) in [6.45, 7) is 5.87. The summed E-state index contributed by atoms with van der Waals surface area (Å²) in [6.07, 6.45) is 2.12. The highest BCUT2D eigenvalue weighted by molar-refractivity contribution is 5.44. The minimum absolute atomic E-state index is 0.250. The van der Waals surface area contributed by atoms with Crippen LogP contribution in [0.4, 0.5) is 5.82 Å². The molecule has 4 heterocycles. The quantitative estimate of drug-likeness (QED) is 0.715. The van der Waals surface area contributed by atoms with Crippen LogP contribution in [-0.4, -0.2) is 48.5 Å². The summed E-state index contributed by atoms with van der Waals surface area (Å²) in [5.74, 6) is 2.86. The molecule has 1 atom stereocenters. The van der Waals surface area contributed by atoms with Crippen LogP contribution in [0.1, 0.15) is 50.2 Å². The van der Waals surface area contributed by atoms with Crippen LogP contribution in [0.25, 0.3) is 5.65 Å². The Bertz CT molecular complexity index is 810. The van der Waals surface area contributed by atoms with E-state index >= 15 is 0 Å². The summed E-state index contributed by atoms with van der Waals surface area (Å²) in [4.78, 5) is 6.76. The van der Waals surface area contributed by atoms with Crippen LogP contribution < -0.4 is 4.90 Å². The Balaban J connectivity index is 1.55. The lowest BCUT2D eigenvalue weighted by Gasteiger charge is -2.31. The molecule has 120 valence electrons. The maximum absolute atomic E-state index is 5.34. The lowest BCUT2D eigenvalue weighted by Crippen LogP contribution is -2.35. The van der Waals surface area contributed by atoms with Crippen molar-refractivity contribution in [3.63, 3.8) is 0 Å². The zero-order valence-electron chi connectivity index (χ0n) is 13.1. The van der Waals surface area contributed by atoms with Crippen LogP contribution in [0.3, 0.4) is 0 Å². The van der Waals surface area contributed by atoms with Gasteiger partial charge in [0.15, 0.2) is 17.3 Å². The third-order valence-corrected chi connectivity index (χ3v) is 4.12. The third kappa shape index (κ3) is 2.62. The summed E-state index contributed by atoms with van der Waals surface area (Å²) in [6, 6.07) is 3.82. The summed E-state index contributed by atoms with van der Waals surface area (Å²) in [5, 5.41) is 20.0. The van der Waals surface area contributed by atoms with Gasteiger partial charge in [0.2, 0.25) is 5.89 Å². The summed E-state index contributed by atoms with van der Waals surface area (Å²) in [5.41, 5.74) is 0.641. The molecule has 0 saturated carbocycles. The van der Waals surface area contributed by atoms with Crippen LogP contribution in [0, 0.1) is 0 Å². The second kappa shape index (κ2) is 5.56. The SMILES string of the molecule is CC(C)c1nc([C@@H]2CCCN(c3ccc4nnnn4n3)C2)no1. The van der Waals surface area contributed by atoms with Crippen molar-refractivity contribution in [1.82, 2.24) is 35.4 Å². The van der Waals surface area contributed by atoms with Gasteiger partial charge in [0.05, 0.1) is 0 Å². The minimum atomic E-state index is 0.250. The fourth-order valence-corrected chi connectivity index (χ4v) is 2.85. The molecule has 9 heteroatoms.